The Kier molecular flexibility index (Phi) is 4.96. The van der Waals surface area contributed by atoms with Crippen molar-refractivity contribution >= 4 is 55.1 Å². The fraction of sp³-hybridized carbons (Fsp3) is 0.133. The first-order valence-corrected chi connectivity index (χ1v) is 8.02. The van der Waals surface area contributed by atoms with Gasteiger partial charge in [-0.15, -0.1) is 0 Å². The third-order valence-electron chi connectivity index (χ3n) is 3.16. The molecule has 110 valence electrons. The summed E-state index contributed by atoms with van der Waals surface area (Å²) in [5.74, 6) is -0.962. The van der Waals surface area contributed by atoms with Gasteiger partial charge in [-0.05, 0) is 58.7 Å². The third kappa shape index (κ3) is 3.59. The second-order valence-corrected chi connectivity index (χ2v) is 6.87. The first-order valence-electron chi connectivity index (χ1n) is 6.05. The average molecular weight is 434 g/mol. The molecule has 1 atom stereocenters. The maximum Gasteiger partial charge on any atom is 0.333 e. The molecule has 0 aromatic heterocycles. The summed E-state index contributed by atoms with van der Waals surface area (Å²) in [6, 6.07) is 12.4. The number of aliphatic carboxylic acids is 1. The minimum Gasteiger partial charge on any atom is -0.479 e. The van der Waals surface area contributed by atoms with E-state index < -0.39 is 11.5 Å². The molecule has 0 aliphatic carbocycles. The van der Waals surface area contributed by atoms with Crippen molar-refractivity contribution in [2.24, 2.45) is 0 Å². The predicted molar refractivity (Wildman–Crippen MR) is 91.9 cm³/mol. The molecule has 0 fully saturated rings. The number of carboxylic acid groups (broad SMARTS) is 1. The van der Waals surface area contributed by atoms with Crippen LogP contribution in [-0.4, -0.2) is 11.1 Å². The van der Waals surface area contributed by atoms with Gasteiger partial charge in [0.15, 0.2) is 5.54 Å². The van der Waals surface area contributed by atoms with Gasteiger partial charge in [0.25, 0.3) is 0 Å². The zero-order chi connectivity index (χ0) is 15.6. The summed E-state index contributed by atoms with van der Waals surface area (Å²) in [7, 11) is 0. The smallest absolute Gasteiger partial charge is 0.333 e. The van der Waals surface area contributed by atoms with Crippen LogP contribution in [-0.2, 0) is 10.3 Å². The van der Waals surface area contributed by atoms with Gasteiger partial charge >= 0.3 is 5.97 Å². The van der Waals surface area contributed by atoms with Gasteiger partial charge in [-0.2, -0.15) is 0 Å². The van der Waals surface area contributed by atoms with Crippen LogP contribution in [0.2, 0.25) is 5.02 Å². The van der Waals surface area contributed by atoms with E-state index in [2.05, 4.69) is 37.2 Å². The lowest BCUT2D eigenvalue weighted by Crippen LogP contribution is -2.40. The number of hydrogen-bond acceptors (Lipinski definition) is 2. The third-order valence-corrected chi connectivity index (χ3v) is 4.91. The molecular weight excluding hydrogens is 421 g/mol. The van der Waals surface area contributed by atoms with Gasteiger partial charge in [0.2, 0.25) is 0 Å². The highest BCUT2D eigenvalue weighted by atomic mass is 79.9. The normalized spacial score (nSPS) is 13.5. The van der Waals surface area contributed by atoms with Crippen molar-refractivity contribution in [2.75, 3.05) is 5.32 Å². The maximum absolute atomic E-state index is 11.8. The zero-order valence-corrected chi connectivity index (χ0v) is 15.0. The number of rotatable bonds is 4. The summed E-state index contributed by atoms with van der Waals surface area (Å²) in [6.45, 7) is 1.63. The van der Waals surface area contributed by atoms with Crippen LogP contribution in [0.15, 0.2) is 51.4 Å². The van der Waals surface area contributed by atoms with Crippen LogP contribution in [0.5, 0.6) is 0 Å². The molecule has 1 unspecified atom stereocenters. The minimum atomic E-state index is -1.24. The van der Waals surface area contributed by atoms with Gasteiger partial charge in [0.05, 0.1) is 5.02 Å². The molecule has 0 saturated heterocycles. The number of anilines is 1. The number of nitrogens with one attached hydrogen (secondary N) is 1. The van der Waals surface area contributed by atoms with Crippen molar-refractivity contribution < 1.29 is 9.90 Å². The van der Waals surface area contributed by atoms with E-state index in [0.29, 0.717) is 20.7 Å². The topological polar surface area (TPSA) is 49.3 Å². The predicted octanol–water partition coefficient (Wildman–Crippen LogP) is 5.28. The number of hydrogen-bond donors (Lipinski definition) is 2. The highest BCUT2D eigenvalue weighted by Gasteiger charge is 2.35. The molecule has 0 aliphatic heterocycles. The first-order chi connectivity index (χ1) is 9.83. The van der Waals surface area contributed by atoms with Crippen LogP contribution in [0.25, 0.3) is 0 Å². The van der Waals surface area contributed by atoms with Crippen molar-refractivity contribution in [1.29, 1.82) is 0 Å². The van der Waals surface area contributed by atoms with E-state index in [1.54, 1.807) is 37.3 Å². The lowest BCUT2D eigenvalue weighted by molar-refractivity contribution is -0.142. The molecule has 0 aliphatic rings. The van der Waals surface area contributed by atoms with Gasteiger partial charge in [0.1, 0.15) is 0 Å². The lowest BCUT2D eigenvalue weighted by Gasteiger charge is -2.28. The summed E-state index contributed by atoms with van der Waals surface area (Å²) in [6.07, 6.45) is 0. The summed E-state index contributed by atoms with van der Waals surface area (Å²) in [5.41, 5.74) is 0.0805. The van der Waals surface area contributed by atoms with E-state index in [4.69, 9.17) is 11.6 Å². The standard InChI is InChI=1S/C15H12Br2ClNO2/c1-15(14(20)21,9-2-4-10(16)5-3-9)19-11-6-7-13(18)12(17)8-11/h2-8,19H,1H3,(H,20,21). The van der Waals surface area contributed by atoms with Gasteiger partial charge in [-0.3, -0.25) is 0 Å². The van der Waals surface area contributed by atoms with Gasteiger partial charge in [0, 0.05) is 14.6 Å². The Morgan fingerprint density at radius 2 is 1.81 bits per heavy atom. The van der Waals surface area contributed by atoms with Crippen molar-refractivity contribution in [2.45, 2.75) is 12.5 Å². The fourth-order valence-electron chi connectivity index (χ4n) is 1.89. The molecule has 3 nitrogen and oxygen atoms in total. The second-order valence-electron chi connectivity index (χ2n) is 4.69. The van der Waals surface area contributed by atoms with Crippen LogP contribution < -0.4 is 5.32 Å². The molecule has 21 heavy (non-hydrogen) atoms. The molecule has 0 heterocycles. The summed E-state index contributed by atoms with van der Waals surface area (Å²) >= 11 is 12.6. The van der Waals surface area contributed by atoms with E-state index in [1.165, 1.54) is 0 Å². The van der Waals surface area contributed by atoms with E-state index in [0.717, 1.165) is 4.47 Å². The van der Waals surface area contributed by atoms with Crippen LogP contribution in [0, 0.1) is 0 Å². The Labute approximate surface area is 144 Å². The SMILES string of the molecule is CC(Nc1ccc(Cl)c(Br)c1)(C(=O)O)c1ccc(Br)cc1. The van der Waals surface area contributed by atoms with Crippen molar-refractivity contribution in [3.63, 3.8) is 0 Å². The Bertz CT molecular complexity index is 676. The molecule has 6 heteroatoms. The molecular formula is C15H12Br2ClNO2. The van der Waals surface area contributed by atoms with E-state index in [-0.39, 0.29) is 0 Å². The quantitative estimate of drug-likeness (QED) is 0.690. The highest BCUT2D eigenvalue weighted by Crippen LogP contribution is 2.31. The molecule has 2 aromatic rings. The Morgan fingerprint density at radius 1 is 1.19 bits per heavy atom. The minimum absolute atomic E-state index is 0.571. The first kappa shape index (κ1) is 16.3. The van der Waals surface area contributed by atoms with E-state index in [9.17, 15) is 9.90 Å². The lowest BCUT2D eigenvalue weighted by atomic mass is 9.91. The van der Waals surface area contributed by atoms with Gasteiger partial charge in [-0.1, -0.05) is 39.7 Å². The molecule has 0 bridgehead atoms. The fourth-order valence-corrected chi connectivity index (χ4v) is 2.66. The second kappa shape index (κ2) is 6.38. The Hall–Kier alpha value is -1.04. The van der Waals surface area contributed by atoms with Gasteiger partial charge < -0.3 is 10.4 Å². The largest absolute Gasteiger partial charge is 0.479 e. The van der Waals surface area contributed by atoms with Crippen molar-refractivity contribution in [3.8, 4) is 0 Å². The monoisotopic (exact) mass is 431 g/mol. The summed E-state index contributed by atoms with van der Waals surface area (Å²) in [4.78, 5) is 11.8. The molecule has 2 aromatic carbocycles. The van der Waals surface area contributed by atoms with Crippen LogP contribution in [0.1, 0.15) is 12.5 Å². The van der Waals surface area contributed by atoms with Crippen molar-refractivity contribution in [3.05, 3.63) is 62.0 Å². The van der Waals surface area contributed by atoms with E-state index >= 15 is 0 Å². The Balaban J connectivity index is 2.40. The number of carboxylic acids is 1. The molecule has 0 amide bonds. The zero-order valence-electron chi connectivity index (χ0n) is 11.0. The number of carbonyl (C=O) groups is 1. The van der Waals surface area contributed by atoms with Crippen molar-refractivity contribution in [1.82, 2.24) is 0 Å². The molecule has 0 radical (unpaired) electrons. The molecule has 0 spiro atoms. The van der Waals surface area contributed by atoms with E-state index in [1.807, 2.05) is 12.1 Å². The summed E-state index contributed by atoms with van der Waals surface area (Å²) < 4.78 is 1.60. The van der Waals surface area contributed by atoms with Crippen LogP contribution in [0.4, 0.5) is 5.69 Å². The van der Waals surface area contributed by atoms with Gasteiger partial charge in [-0.25, -0.2) is 4.79 Å². The average Bonchev–Trinajstić information content (AvgIpc) is 2.43. The maximum atomic E-state index is 11.8. The number of benzene rings is 2. The molecule has 2 rings (SSSR count). The molecule has 0 saturated carbocycles. The molecule has 2 N–H and O–H groups in total. The Morgan fingerprint density at radius 3 is 2.33 bits per heavy atom. The highest BCUT2D eigenvalue weighted by molar-refractivity contribution is 9.10. The summed E-state index contributed by atoms with van der Waals surface area (Å²) in [5, 5.41) is 13.3. The van der Waals surface area contributed by atoms with Crippen LogP contribution in [0.3, 0.4) is 0 Å². The number of halogens is 3. The van der Waals surface area contributed by atoms with Crippen LogP contribution >= 0.6 is 43.5 Å².